The number of ether oxygens (including phenoxy) is 1. The predicted molar refractivity (Wildman–Crippen MR) is 147 cm³/mol. The molecule has 0 unspecified atom stereocenters. The first kappa shape index (κ1) is 26.7. The summed E-state index contributed by atoms with van der Waals surface area (Å²) in [4.78, 5) is 36.6. The zero-order valence-corrected chi connectivity index (χ0v) is 22.9. The Kier molecular flexibility index (Phi) is 7.96. The third kappa shape index (κ3) is 5.47. The van der Waals surface area contributed by atoms with E-state index in [2.05, 4.69) is 25.0 Å². The number of para-hydroxylation sites is 1. The number of benzene rings is 1. The van der Waals surface area contributed by atoms with E-state index in [1.54, 1.807) is 30.6 Å². The van der Waals surface area contributed by atoms with Crippen LogP contribution in [0.4, 0.5) is 23.0 Å². The fourth-order valence-corrected chi connectivity index (χ4v) is 4.17. The number of nitrogens with zero attached hydrogens (tertiary/aromatic N) is 9. The molecule has 0 radical (unpaired) electrons. The van der Waals surface area contributed by atoms with Crippen molar-refractivity contribution in [3.8, 4) is 17.1 Å². The molecular weight excluding hydrogens is 482 g/mol. The average molecular weight is 516 g/mol. The van der Waals surface area contributed by atoms with Crippen molar-refractivity contribution >= 4 is 28.8 Å². The maximum absolute atomic E-state index is 13.0. The molecule has 0 aliphatic rings. The third-order valence-corrected chi connectivity index (χ3v) is 6.13. The second kappa shape index (κ2) is 11.3. The highest BCUT2D eigenvalue weighted by Gasteiger charge is 2.22. The molecule has 4 rings (SSSR count). The average Bonchev–Trinajstić information content (AvgIpc) is 3.36. The van der Waals surface area contributed by atoms with Gasteiger partial charge in [0.2, 0.25) is 0 Å². The van der Waals surface area contributed by atoms with Crippen LogP contribution in [0.1, 0.15) is 29.4 Å². The Bertz CT molecular complexity index is 1430. The van der Waals surface area contributed by atoms with Crippen LogP contribution in [-0.2, 0) is 13.6 Å². The number of carbonyl (C=O) groups is 1. The predicted octanol–water partition coefficient (Wildman–Crippen LogP) is 3.87. The number of hydrogen-bond acceptors (Lipinski definition) is 10. The molecule has 0 aliphatic carbocycles. The monoisotopic (exact) mass is 515 g/mol. The Balaban J connectivity index is 1.79. The Labute approximate surface area is 222 Å². The summed E-state index contributed by atoms with van der Waals surface area (Å²) in [5, 5.41) is 4.44. The lowest BCUT2D eigenvalue weighted by molar-refractivity contribution is 0.0988. The minimum absolute atomic E-state index is 0.00891. The summed E-state index contributed by atoms with van der Waals surface area (Å²) in [7, 11) is 11.2. The molecular formula is C27H33N9O2. The molecule has 0 bridgehead atoms. The fourth-order valence-electron chi connectivity index (χ4n) is 4.17. The minimum Gasteiger partial charge on any atom is -0.494 e. The number of carbonyl (C=O) groups excluding carboxylic acids is 1. The van der Waals surface area contributed by atoms with Crippen molar-refractivity contribution in [1.29, 1.82) is 0 Å². The lowest BCUT2D eigenvalue weighted by Gasteiger charge is -2.26. The van der Waals surface area contributed by atoms with Gasteiger partial charge in [-0.05, 0) is 26.2 Å². The van der Waals surface area contributed by atoms with Crippen LogP contribution < -0.4 is 14.5 Å². The number of pyridine rings is 1. The van der Waals surface area contributed by atoms with E-state index in [0.717, 1.165) is 16.9 Å². The number of aryl methyl sites for hydroxylation is 1. The van der Waals surface area contributed by atoms with Gasteiger partial charge in [-0.25, -0.2) is 19.9 Å². The van der Waals surface area contributed by atoms with Crippen molar-refractivity contribution < 1.29 is 9.53 Å². The first-order valence-corrected chi connectivity index (χ1v) is 12.2. The van der Waals surface area contributed by atoms with Gasteiger partial charge in [0.25, 0.3) is 0 Å². The highest BCUT2D eigenvalue weighted by Crippen LogP contribution is 2.41. The number of aromatic nitrogens is 6. The number of anilines is 4. The number of Topliss-reactive ketones (excluding diaryl/α,β-unsaturated/α-hetero) is 1. The molecule has 0 saturated heterocycles. The van der Waals surface area contributed by atoms with Gasteiger partial charge in [0.05, 0.1) is 35.3 Å². The van der Waals surface area contributed by atoms with Crippen molar-refractivity contribution in [2.75, 3.05) is 45.1 Å². The van der Waals surface area contributed by atoms with Crippen LogP contribution in [0, 0.1) is 0 Å². The summed E-state index contributed by atoms with van der Waals surface area (Å²) >= 11 is 0. The molecule has 3 heterocycles. The van der Waals surface area contributed by atoms with Crippen molar-refractivity contribution in [2.45, 2.75) is 19.9 Å². The maximum atomic E-state index is 13.0. The van der Waals surface area contributed by atoms with E-state index in [9.17, 15) is 4.79 Å². The van der Waals surface area contributed by atoms with Crippen LogP contribution >= 0.6 is 0 Å². The lowest BCUT2D eigenvalue weighted by atomic mass is 10.1. The van der Waals surface area contributed by atoms with Gasteiger partial charge in [0, 0.05) is 52.4 Å². The zero-order valence-electron chi connectivity index (χ0n) is 22.9. The van der Waals surface area contributed by atoms with Crippen molar-refractivity contribution in [3.05, 3.63) is 60.4 Å². The minimum atomic E-state index is -0.00891. The molecule has 0 fully saturated rings. The summed E-state index contributed by atoms with van der Waals surface area (Å²) in [5.74, 6) is 2.48. The van der Waals surface area contributed by atoms with E-state index < -0.39 is 0 Å². The van der Waals surface area contributed by atoms with Gasteiger partial charge in [-0.1, -0.05) is 13.0 Å². The molecule has 1 aromatic carbocycles. The summed E-state index contributed by atoms with van der Waals surface area (Å²) in [6, 6.07) is 9.59. The zero-order chi connectivity index (χ0) is 27.4. The van der Waals surface area contributed by atoms with Crippen molar-refractivity contribution in [2.24, 2.45) is 7.05 Å². The van der Waals surface area contributed by atoms with Gasteiger partial charge >= 0.3 is 0 Å². The fraction of sp³-hybridized carbons (Fsp3) is 0.333. The lowest BCUT2D eigenvalue weighted by Crippen LogP contribution is -2.19. The molecule has 0 spiro atoms. The summed E-state index contributed by atoms with van der Waals surface area (Å²) in [5.41, 5.74) is 3.62. The molecule has 0 amide bonds. The van der Waals surface area contributed by atoms with E-state index in [1.807, 2.05) is 87.2 Å². The number of ketones is 1. The number of methoxy groups -OCH3 is 1. The largest absolute Gasteiger partial charge is 0.494 e. The second-order valence-corrected chi connectivity index (χ2v) is 9.16. The standard InChI is InChI=1S/C27H33N9O2/c1-8-23(37)20-14-28-25(36(6)24-12-18(15-33(2)3)29-16-30-24)13-22(20)35(5)21-11-9-10-19(26(21)38-7)27-31-17-34(4)32-27/h9-14,16-17H,8,15H2,1-7H3. The van der Waals surface area contributed by atoms with Gasteiger partial charge < -0.3 is 19.4 Å². The molecule has 38 heavy (non-hydrogen) atoms. The van der Waals surface area contributed by atoms with Crippen molar-refractivity contribution in [3.63, 3.8) is 0 Å². The van der Waals surface area contributed by atoms with Gasteiger partial charge in [-0.2, -0.15) is 5.10 Å². The van der Waals surface area contributed by atoms with Gasteiger partial charge in [-0.15, -0.1) is 0 Å². The van der Waals surface area contributed by atoms with Crippen LogP contribution in [0.5, 0.6) is 5.75 Å². The number of hydrogen-bond donors (Lipinski definition) is 0. The van der Waals surface area contributed by atoms with Crippen LogP contribution in [-0.4, -0.2) is 75.7 Å². The molecule has 11 nitrogen and oxygen atoms in total. The van der Waals surface area contributed by atoms with Crippen molar-refractivity contribution in [1.82, 2.24) is 34.6 Å². The molecule has 4 aromatic rings. The number of rotatable bonds is 10. The van der Waals surface area contributed by atoms with Crippen LogP contribution in [0.2, 0.25) is 0 Å². The maximum Gasteiger partial charge on any atom is 0.184 e. The van der Waals surface area contributed by atoms with E-state index in [-0.39, 0.29) is 5.78 Å². The van der Waals surface area contributed by atoms with E-state index in [1.165, 1.54) is 0 Å². The third-order valence-electron chi connectivity index (χ3n) is 6.13. The topological polar surface area (TPSA) is 105 Å². The quantitative estimate of drug-likeness (QED) is 0.289. The summed E-state index contributed by atoms with van der Waals surface area (Å²) in [6.07, 6.45) is 5.18. The van der Waals surface area contributed by atoms with Gasteiger partial charge in [-0.3, -0.25) is 9.48 Å². The van der Waals surface area contributed by atoms with Crippen LogP contribution in [0.3, 0.4) is 0 Å². The Morgan fingerprint density at radius 2 is 1.74 bits per heavy atom. The Morgan fingerprint density at radius 1 is 0.974 bits per heavy atom. The van der Waals surface area contributed by atoms with Crippen LogP contribution in [0.15, 0.2) is 49.2 Å². The molecule has 11 heteroatoms. The Hall–Kier alpha value is -4.38. The molecule has 0 aliphatic heterocycles. The second-order valence-electron chi connectivity index (χ2n) is 9.16. The normalized spacial score (nSPS) is 11.1. The molecule has 3 aromatic heterocycles. The molecule has 0 atom stereocenters. The molecule has 198 valence electrons. The summed E-state index contributed by atoms with van der Waals surface area (Å²) in [6.45, 7) is 2.53. The van der Waals surface area contributed by atoms with Gasteiger partial charge in [0.1, 0.15) is 24.3 Å². The van der Waals surface area contributed by atoms with Crippen LogP contribution in [0.25, 0.3) is 11.4 Å². The highest BCUT2D eigenvalue weighted by atomic mass is 16.5. The first-order chi connectivity index (χ1) is 18.2. The Morgan fingerprint density at radius 3 is 2.39 bits per heavy atom. The van der Waals surface area contributed by atoms with E-state index in [4.69, 9.17) is 4.74 Å². The smallest absolute Gasteiger partial charge is 0.184 e. The molecule has 0 N–H and O–H groups in total. The SMILES string of the molecule is CCC(=O)c1cnc(N(C)c2cc(CN(C)C)ncn2)cc1N(C)c1cccc(-c2ncn(C)n2)c1OC. The van der Waals surface area contributed by atoms with E-state index >= 15 is 0 Å². The van der Waals surface area contributed by atoms with Gasteiger partial charge in [0.15, 0.2) is 17.4 Å². The first-order valence-electron chi connectivity index (χ1n) is 12.2. The molecule has 0 saturated carbocycles. The highest BCUT2D eigenvalue weighted by molar-refractivity contribution is 6.02. The summed E-state index contributed by atoms with van der Waals surface area (Å²) < 4.78 is 7.48. The van der Waals surface area contributed by atoms with E-state index in [0.29, 0.717) is 47.4 Å².